The number of carbonyl (C=O) groups excluding carboxylic acids is 2. The molecule has 0 saturated carbocycles. The number of halogens is 2. The zero-order chi connectivity index (χ0) is 20.2. The highest BCUT2D eigenvalue weighted by molar-refractivity contribution is 9.10. The molecule has 4 nitrogen and oxygen atoms in total. The number of fused-ring (bicyclic) bond motifs is 1. The van der Waals surface area contributed by atoms with Crippen LogP contribution in [0.4, 0.5) is 10.5 Å². The van der Waals surface area contributed by atoms with Crippen molar-refractivity contribution in [3.63, 3.8) is 0 Å². The summed E-state index contributed by atoms with van der Waals surface area (Å²) in [6.45, 7) is 7.08. The monoisotopic (exact) mass is 449 g/mol. The van der Waals surface area contributed by atoms with Gasteiger partial charge in [0.1, 0.15) is 5.60 Å². The van der Waals surface area contributed by atoms with Crippen molar-refractivity contribution >= 4 is 50.8 Å². The van der Waals surface area contributed by atoms with Crippen molar-refractivity contribution in [1.29, 1.82) is 0 Å². The molecule has 0 aliphatic carbocycles. The average molecular weight is 451 g/mol. The zero-order valence-corrected chi connectivity index (χ0v) is 18.0. The fraction of sp³-hybridized carbons (Fsp3) is 0.238. The number of amides is 2. The van der Waals surface area contributed by atoms with Gasteiger partial charge in [-0.15, -0.1) is 0 Å². The molecule has 1 heterocycles. The molecular weight excluding hydrogens is 430 g/mol. The first-order valence-electron chi connectivity index (χ1n) is 8.38. The number of nitrogens with zero attached hydrogens (tertiary/aromatic N) is 1. The second-order valence-electron chi connectivity index (χ2n) is 6.78. The van der Waals surface area contributed by atoms with E-state index in [1.165, 1.54) is 0 Å². The third-order valence-electron chi connectivity index (χ3n) is 3.52. The Hall–Kier alpha value is -2.11. The second kappa shape index (κ2) is 8.72. The number of rotatable bonds is 0. The lowest BCUT2D eigenvalue weighted by atomic mass is 10.1. The van der Waals surface area contributed by atoms with Gasteiger partial charge in [0.2, 0.25) is 0 Å². The minimum Gasteiger partial charge on any atom is -0.443 e. The maximum Gasteiger partial charge on any atom is 0.422 e. The van der Waals surface area contributed by atoms with Gasteiger partial charge in [0.25, 0.3) is 5.91 Å². The Morgan fingerprint density at radius 1 is 1.15 bits per heavy atom. The maximum atomic E-state index is 12.4. The molecule has 0 atom stereocenters. The number of carbonyl (C=O) groups is 2. The number of hydrogen-bond donors (Lipinski definition) is 0. The molecular formula is C21H21BrClNO3. The lowest BCUT2D eigenvalue weighted by molar-refractivity contribution is -0.112. The summed E-state index contributed by atoms with van der Waals surface area (Å²) < 4.78 is 6.11. The normalized spacial score (nSPS) is 14.5. The highest BCUT2D eigenvalue weighted by Gasteiger charge is 2.38. The minimum absolute atomic E-state index is 0.352. The fourth-order valence-corrected chi connectivity index (χ4v) is 2.94. The molecule has 142 valence electrons. The number of imide groups is 1. The highest BCUT2D eigenvalue weighted by atomic mass is 79.9. The van der Waals surface area contributed by atoms with Crippen LogP contribution in [0.3, 0.4) is 0 Å². The third kappa shape index (κ3) is 5.44. The Labute approximate surface area is 172 Å². The summed E-state index contributed by atoms with van der Waals surface area (Å²) in [5, 5.41) is 0.794. The van der Waals surface area contributed by atoms with Crippen molar-refractivity contribution < 1.29 is 14.3 Å². The van der Waals surface area contributed by atoms with E-state index in [1.807, 2.05) is 42.5 Å². The fourth-order valence-electron chi connectivity index (χ4n) is 2.45. The topological polar surface area (TPSA) is 46.6 Å². The largest absolute Gasteiger partial charge is 0.443 e. The van der Waals surface area contributed by atoms with Gasteiger partial charge in [-0.05, 0) is 52.0 Å². The lowest BCUT2D eigenvalue weighted by Crippen LogP contribution is -2.38. The zero-order valence-electron chi connectivity index (χ0n) is 15.6. The van der Waals surface area contributed by atoms with Crippen molar-refractivity contribution in [1.82, 2.24) is 0 Å². The maximum absolute atomic E-state index is 12.4. The van der Waals surface area contributed by atoms with E-state index < -0.39 is 11.7 Å². The van der Waals surface area contributed by atoms with Gasteiger partial charge in [0, 0.05) is 20.6 Å². The summed E-state index contributed by atoms with van der Waals surface area (Å²) >= 11 is 8.89. The smallest absolute Gasteiger partial charge is 0.422 e. The second-order valence-corrected chi connectivity index (χ2v) is 8.13. The summed E-state index contributed by atoms with van der Waals surface area (Å²) in [5.41, 5.74) is 1.15. The quantitative estimate of drug-likeness (QED) is 0.432. The molecule has 0 radical (unpaired) electrons. The van der Waals surface area contributed by atoms with Crippen molar-refractivity contribution in [2.24, 2.45) is 0 Å². The van der Waals surface area contributed by atoms with E-state index in [4.69, 9.17) is 16.3 Å². The van der Waals surface area contributed by atoms with E-state index in [0.717, 1.165) is 20.0 Å². The van der Waals surface area contributed by atoms with Crippen LogP contribution >= 0.6 is 27.5 Å². The Balaban J connectivity index is 0.000000313. The van der Waals surface area contributed by atoms with E-state index in [1.54, 1.807) is 39.8 Å². The Bertz CT molecular complexity index is 873. The van der Waals surface area contributed by atoms with E-state index in [9.17, 15) is 9.59 Å². The molecule has 0 N–H and O–H groups in total. The summed E-state index contributed by atoms with van der Waals surface area (Å²) in [6, 6.07) is 14.8. The Kier molecular flexibility index (Phi) is 6.84. The molecule has 3 rings (SSSR count). The van der Waals surface area contributed by atoms with Crippen molar-refractivity contribution in [2.75, 3.05) is 4.90 Å². The highest BCUT2D eigenvalue weighted by Crippen LogP contribution is 2.39. The Morgan fingerprint density at radius 2 is 1.78 bits per heavy atom. The van der Waals surface area contributed by atoms with Crippen LogP contribution in [-0.4, -0.2) is 17.6 Å². The van der Waals surface area contributed by atoms with Crippen LogP contribution < -0.4 is 4.90 Å². The molecule has 1 aliphatic rings. The summed E-state index contributed by atoms with van der Waals surface area (Å²) in [7, 11) is 0. The molecule has 0 fully saturated rings. The third-order valence-corrected chi connectivity index (χ3v) is 4.27. The lowest BCUT2D eigenvalue weighted by Gasteiger charge is -2.23. The first-order chi connectivity index (χ1) is 12.6. The number of hydrogen-bond acceptors (Lipinski definition) is 3. The molecule has 2 aromatic carbocycles. The van der Waals surface area contributed by atoms with Gasteiger partial charge < -0.3 is 4.74 Å². The van der Waals surface area contributed by atoms with E-state index >= 15 is 0 Å². The number of ether oxygens (including phenoxy) is 1. The van der Waals surface area contributed by atoms with E-state index in [2.05, 4.69) is 15.9 Å². The van der Waals surface area contributed by atoms with Crippen LogP contribution in [0.2, 0.25) is 5.02 Å². The standard InChI is InChI=1S/C15H16BrNO3.C6H5Cl/c1-5-10-11-7-6-9(16)8-12(11)17(13(10)18)14(19)20-15(2,3)4;7-6-4-2-1-3-5-6/h5-8H,1-4H3;1-5H/b10-5+;. The average Bonchev–Trinajstić information content (AvgIpc) is 2.85. The van der Waals surface area contributed by atoms with Crippen LogP contribution in [0, 0.1) is 0 Å². The molecule has 27 heavy (non-hydrogen) atoms. The van der Waals surface area contributed by atoms with Gasteiger partial charge in [0.05, 0.1) is 5.69 Å². The van der Waals surface area contributed by atoms with Crippen LogP contribution in [0.15, 0.2) is 59.1 Å². The predicted octanol–water partition coefficient (Wildman–Crippen LogP) is 6.47. The van der Waals surface area contributed by atoms with Crippen LogP contribution in [0.1, 0.15) is 33.3 Å². The van der Waals surface area contributed by atoms with Crippen LogP contribution in [-0.2, 0) is 9.53 Å². The molecule has 2 amide bonds. The minimum atomic E-state index is -0.654. The SMILES string of the molecule is C/C=C1/C(=O)N(C(=O)OC(C)(C)C)c2cc(Br)ccc21.Clc1ccccc1. The van der Waals surface area contributed by atoms with Gasteiger partial charge >= 0.3 is 6.09 Å². The van der Waals surface area contributed by atoms with Gasteiger partial charge in [-0.3, -0.25) is 4.79 Å². The van der Waals surface area contributed by atoms with Crippen molar-refractivity contribution in [3.8, 4) is 0 Å². The van der Waals surface area contributed by atoms with Gasteiger partial charge in [-0.1, -0.05) is 57.9 Å². The van der Waals surface area contributed by atoms with Crippen molar-refractivity contribution in [2.45, 2.75) is 33.3 Å². The Morgan fingerprint density at radius 3 is 2.26 bits per heavy atom. The van der Waals surface area contributed by atoms with Crippen LogP contribution in [0.25, 0.3) is 5.57 Å². The summed E-state index contributed by atoms with van der Waals surface area (Å²) in [6.07, 6.45) is 1.05. The molecule has 2 aromatic rings. The molecule has 6 heteroatoms. The van der Waals surface area contributed by atoms with Gasteiger partial charge in [0.15, 0.2) is 0 Å². The van der Waals surface area contributed by atoms with Crippen molar-refractivity contribution in [3.05, 3.63) is 69.7 Å². The number of allylic oxidation sites excluding steroid dienone is 1. The molecule has 1 aliphatic heterocycles. The molecule has 0 spiro atoms. The first-order valence-corrected chi connectivity index (χ1v) is 9.55. The molecule has 0 unspecified atom stereocenters. The van der Waals surface area contributed by atoms with Gasteiger partial charge in [-0.25, -0.2) is 9.69 Å². The molecule has 0 aromatic heterocycles. The molecule has 0 bridgehead atoms. The van der Waals surface area contributed by atoms with E-state index in [0.29, 0.717) is 11.3 Å². The van der Waals surface area contributed by atoms with Crippen LogP contribution in [0.5, 0.6) is 0 Å². The molecule has 0 saturated heterocycles. The van der Waals surface area contributed by atoms with Gasteiger partial charge in [-0.2, -0.15) is 0 Å². The number of anilines is 1. The number of benzene rings is 2. The van der Waals surface area contributed by atoms with E-state index in [-0.39, 0.29) is 5.91 Å². The summed E-state index contributed by atoms with van der Waals surface area (Å²) in [4.78, 5) is 25.7. The summed E-state index contributed by atoms with van der Waals surface area (Å²) in [5.74, 6) is -0.352. The predicted molar refractivity (Wildman–Crippen MR) is 113 cm³/mol. The first kappa shape index (κ1) is 21.2.